The Hall–Kier alpha value is -4.55. The number of nitrogens with two attached hydrogens (primary N) is 1. The van der Waals surface area contributed by atoms with Gasteiger partial charge in [-0.25, -0.2) is 14.8 Å². The lowest BCUT2D eigenvalue weighted by Gasteiger charge is -2.14. The van der Waals surface area contributed by atoms with E-state index in [0.717, 1.165) is 0 Å². The van der Waals surface area contributed by atoms with Crippen LogP contribution in [0.2, 0.25) is 0 Å². The molecule has 166 valence electrons. The van der Waals surface area contributed by atoms with Crippen molar-refractivity contribution in [3.8, 4) is 0 Å². The van der Waals surface area contributed by atoms with E-state index in [1.54, 1.807) is 0 Å². The molecule has 0 unspecified atom stereocenters. The highest BCUT2D eigenvalue weighted by Crippen LogP contribution is 2.12. The van der Waals surface area contributed by atoms with Crippen molar-refractivity contribution in [2.24, 2.45) is 0 Å². The third kappa shape index (κ3) is 5.53. The van der Waals surface area contributed by atoms with Crippen LogP contribution in [0.25, 0.3) is 11.2 Å². The molecule has 1 amide bonds. The fourth-order valence-corrected chi connectivity index (χ4v) is 2.50. The monoisotopic (exact) mass is 445 g/mol. The number of hydrogen-bond acceptors (Lipinski definition) is 9. The number of carboxylic acid groups (broad SMARTS) is 2. The highest BCUT2D eigenvalue weighted by molar-refractivity contribution is 5.96. The van der Waals surface area contributed by atoms with E-state index in [-0.39, 0.29) is 29.2 Å². The average Bonchev–Trinajstić information content (AvgIpc) is 2.80. The van der Waals surface area contributed by atoms with Crippen molar-refractivity contribution in [2.75, 3.05) is 11.1 Å². The molecule has 0 aliphatic rings. The number of anilines is 2. The summed E-state index contributed by atoms with van der Waals surface area (Å²) in [6.45, 7) is 0.129. The van der Waals surface area contributed by atoms with Gasteiger partial charge in [0.05, 0.1) is 18.4 Å². The van der Waals surface area contributed by atoms with Gasteiger partial charge in [0.1, 0.15) is 6.04 Å². The summed E-state index contributed by atoms with van der Waals surface area (Å²) in [5.41, 5.74) is 5.77. The second-order valence-corrected chi connectivity index (χ2v) is 6.23. The third-order valence-electron chi connectivity index (χ3n) is 3.95. The number of fused-ring (bicyclic) bond motifs is 1. The minimum atomic E-state index is -3.60. The SMILES string of the molecule is [2H]C([2H])(C(=O)O)C([2H])([2H])[C@H](NC(=O)c1ccc(NCc2cnc3nc(N)[nH]c(=O)c3n2)cc1)C(=O)O. The number of nitrogens with one attached hydrogen (secondary N) is 3. The Morgan fingerprint density at radius 3 is 2.56 bits per heavy atom. The number of rotatable bonds is 9. The van der Waals surface area contributed by atoms with E-state index in [1.807, 2.05) is 5.32 Å². The van der Waals surface area contributed by atoms with Crippen LogP contribution in [0.4, 0.5) is 11.6 Å². The van der Waals surface area contributed by atoms with Crippen LogP contribution in [-0.4, -0.2) is 54.0 Å². The number of aromatic nitrogens is 4. The summed E-state index contributed by atoms with van der Waals surface area (Å²) in [4.78, 5) is 61.4. The van der Waals surface area contributed by atoms with E-state index in [0.29, 0.717) is 11.4 Å². The topological polar surface area (TPSA) is 213 Å². The van der Waals surface area contributed by atoms with Gasteiger partial charge in [0.15, 0.2) is 11.2 Å². The minimum Gasteiger partial charge on any atom is -0.481 e. The van der Waals surface area contributed by atoms with Gasteiger partial charge in [-0.2, -0.15) is 4.98 Å². The molecule has 1 aromatic carbocycles. The summed E-state index contributed by atoms with van der Waals surface area (Å²) in [5.74, 6) is -5.33. The van der Waals surface area contributed by atoms with E-state index in [1.165, 1.54) is 30.5 Å². The van der Waals surface area contributed by atoms with Crippen molar-refractivity contribution in [3.63, 3.8) is 0 Å². The van der Waals surface area contributed by atoms with E-state index < -0.39 is 42.2 Å². The van der Waals surface area contributed by atoms with Crippen molar-refractivity contribution >= 4 is 40.6 Å². The Morgan fingerprint density at radius 1 is 1.19 bits per heavy atom. The fraction of sp³-hybridized carbons (Fsp3) is 0.211. The Morgan fingerprint density at radius 2 is 1.91 bits per heavy atom. The maximum absolute atomic E-state index is 12.5. The molecule has 32 heavy (non-hydrogen) atoms. The molecular weight excluding hydrogens is 422 g/mol. The number of benzene rings is 1. The summed E-state index contributed by atoms with van der Waals surface area (Å²) in [5, 5.41) is 23.1. The standard InChI is InChI=1S/C19H19N7O6/c20-19-25-15-14(17(30)26-19)23-11(8-22-15)7-21-10-3-1-9(2-4-10)16(29)24-12(18(31)32)5-6-13(27)28/h1-4,8,12,21H,5-7H2,(H,24,29)(H,27,28)(H,31,32)(H3,20,22,25,26,30)/t12-/m0/s1/i5D2,6D2. The van der Waals surface area contributed by atoms with Crippen molar-refractivity contribution < 1.29 is 30.1 Å². The van der Waals surface area contributed by atoms with Crippen LogP contribution in [0.3, 0.4) is 0 Å². The van der Waals surface area contributed by atoms with Gasteiger partial charge in [0.25, 0.3) is 11.5 Å². The average molecular weight is 445 g/mol. The number of carbonyl (C=O) groups is 3. The van der Waals surface area contributed by atoms with Gasteiger partial charge in [-0.1, -0.05) is 0 Å². The smallest absolute Gasteiger partial charge is 0.326 e. The number of nitrogen functional groups attached to an aromatic ring is 1. The molecule has 1 atom stereocenters. The van der Waals surface area contributed by atoms with Crippen LogP contribution in [0.5, 0.6) is 0 Å². The lowest BCUT2D eigenvalue weighted by Crippen LogP contribution is -2.41. The number of aromatic amines is 1. The zero-order chi connectivity index (χ0) is 26.8. The van der Waals surface area contributed by atoms with Crippen LogP contribution in [0, 0.1) is 0 Å². The molecule has 7 N–H and O–H groups in total. The van der Waals surface area contributed by atoms with Crippen LogP contribution in [0.15, 0.2) is 35.3 Å². The summed E-state index contributed by atoms with van der Waals surface area (Å²) in [6.07, 6.45) is -5.69. The van der Waals surface area contributed by atoms with E-state index in [9.17, 15) is 24.3 Å². The molecule has 0 spiro atoms. The number of carboxylic acids is 2. The molecule has 13 nitrogen and oxygen atoms in total. The van der Waals surface area contributed by atoms with Gasteiger partial charge in [0.2, 0.25) is 5.95 Å². The molecule has 0 bridgehead atoms. The Labute approximate surface area is 185 Å². The molecule has 0 aliphatic carbocycles. The molecule has 0 radical (unpaired) electrons. The number of nitrogens with zero attached hydrogens (tertiary/aromatic N) is 3. The zero-order valence-corrected chi connectivity index (χ0v) is 16.1. The van der Waals surface area contributed by atoms with E-state index in [4.69, 9.17) is 16.3 Å². The Balaban J connectivity index is 1.71. The number of aliphatic carboxylic acids is 2. The molecule has 0 fully saturated rings. The molecule has 3 aromatic rings. The largest absolute Gasteiger partial charge is 0.481 e. The molecule has 2 heterocycles. The first-order valence-electron chi connectivity index (χ1n) is 10.9. The van der Waals surface area contributed by atoms with Gasteiger partial charge >= 0.3 is 11.9 Å². The lowest BCUT2D eigenvalue weighted by molar-refractivity contribution is -0.140. The van der Waals surface area contributed by atoms with Crippen LogP contribution in [-0.2, 0) is 16.1 Å². The second kappa shape index (κ2) is 9.51. The molecule has 2 aromatic heterocycles. The van der Waals surface area contributed by atoms with Gasteiger partial charge < -0.3 is 26.6 Å². The number of carbonyl (C=O) groups excluding carboxylic acids is 1. The maximum atomic E-state index is 12.5. The molecule has 0 saturated carbocycles. The Bertz CT molecular complexity index is 1400. The summed E-state index contributed by atoms with van der Waals surface area (Å²) >= 11 is 0. The van der Waals surface area contributed by atoms with Crippen molar-refractivity contribution in [1.82, 2.24) is 25.3 Å². The van der Waals surface area contributed by atoms with Gasteiger partial charge in [0, 0.05) is 23.1 Å². The summed E-state index contributed by atoms with van der Waals surface area (Å²) < 4.78 is 30.2. The van der Waals surface area contributed by atoms with Crippen molar-refractivity contribution in [1.29, 1.82) is 0 Å². The zero-order valence-electron chi connectivity index (χ0n) is 20.1. The van der Waals surface area contributed by atoms with Crippen molar-refractivity contribution in [3.05, 3.63) is 52.1 Å². The number of H-pyrrole nitrogens is 1. The number of amides is 1. The number of hydrogen-bond donors (Lipinski definition) is 6. The molecule has 13 heteroatoms. The first-order chi connectivity index (χ1) is 16.7. The van der Waals surface area contributed by atoms with Gasteiger partial charge in [-0.3, -0.25) is 19.4 Å². The van der Waals surface area contributed by atoms with Crippen molar-refractivity contribution in [2.45, 2.75) is 25.3 Å². The minimum absolute atomic E-state index is 0.00404. The quantitative estimate of drug-likeness (QED) is 0.257. The molecule has 0 saturated heterocycles. The predicted molar refractivity (Wildman–Crippen MR) is 112 cm³/mol. The lowest BCUT2D eigenvalue weighted by atomic mass is 10.1. The second-order valence-electron chi connectivity index (χ2n) is 6.23. The summed E-state index contributed by atoms with van der Waals surface area (Å²) in [7, 11) is 0. The first-order valence-corrected chi connectivity index (χ1v) is 8.86. The van der Waals surface area contributed by atoms with Crippen LogP contribution in [0.1, 0.15) is 34.3 Å². The van der Waals surface area contributed by atoms with Crippen LogP contribution < -0.4 is 21.9 Å². The maximum Gasteiger partial charge on any atom is 0.326 e. The normalized spacial score (nSPS) is 14.4. The van der Waals surface area contributed by atoms with E-state index in [2.05, 4.69) is 25.3 Å². The van der Waals surface area contributed by atoms with Gasteiger partial charge in [-0.05, 0) is 30.6 Å². The summed E-state index contributed by atoms with van der Waals surface area (Å²) in [6, 6.07) is 2.95. The highest BCUT2D eigenvalue weighted by atomic mass is 16.4. The third-order valence-corrected chi connectivity index (χ3v) is 3.95. The Kier molecular flexibility index (Phi) is 5.10. The highest BCUT2D eigenvalue weighted by Gasteiger charge is 2.21. The molecule has 3 rings (SSSR count). The molecule has 0 aliphatic heterocycles. The van der Waals surface area contributed by atoms with E-state index >= 15 is 0 Å². The molecular formula is C19H19N7O6. The predicted octanol–water partition coefficient (Wildman–Crippen LogP) is -0.0448. The first kappa shape index (κ1) is 17.2. The van der Waals surface area contributed by atoms with Gasteiger partial charge in [-0.15, -0.1) is 0 Å². The van der Waals surface area contributed by atoms with Crippen LogP contribution >= 0.6 is 0 Å². The fourth-order valence-electron chi connectivity index (χ4n) is 2.50.